The number of benzene rings is 2. The van der Waals surface area contributed by atoms with Gasteiger partial charge in [0.2, 0.25) is 0 Å². The number of hydrogen-bond donors (Lipinski definition) is 0. The number of unbranched alkanes of at least 4 members (excludes halogenated alkanes) is 3. The van der Waals surface area contributed by atoms with Crippen molar-refractivity contribution in [2.75, 3.05) is 0 Å². The summed E-state index contributed by atoms with van der Waals surface area (Å²) < 4.78 is 56.8. The molecule has 7 heteroatoms. The van der Waals surface area contributed by atoms with Gasteiger partial charge < -0.3 is 0 Å². The fourth-order valence-electron chi connectivity index (χ4n) is 4.50. The smallest absolute Gasteiger partial charge is 0.264 e. The van der Waals surface area contributed by atoms with Crippen molar-refractivity contribution in [3.05, 3.63) is 97.2 Å². The predicted molar refractivity (Wildman–Crippen MR) is 142 cm³/mol. The van der Waals surface area contributed by atoms with Gasteiger partial charge in [0.25, 0.3) is 10.0 Å². The highest BCUT2D eigenvalue weighted by Gasteiger charge is 2.43. The van der Waals surface area contributed by atoms with Crippen LogP contribution in [0.2, 0.25) is 0 Å². The van der Waals surface area contributed by atoms with Crippen LogP contribution in [0.4, 0.5) is 0 Å². The molecule has 35 heavy (non-hydrogen) atoms. The SMILES string of the molecule is C=CCCCCC[C@@H](C1=CC[C@H](CC=C)N1S(=O)(=O)c1ccc(C)cc1)S(=O)(=O)c1ccccc1. The minimum atomic E-state index is -3.96. The van der Waals surface area contributed by atoms with Crippen molar-refractivity contribution >= 4 is 19.9 Å². The molecule has 0 unspecified atom stereocenters. The molecule has 0 aliphatic carbocycles. The van der Waals surface area contributed by atoms with Crippen LogP contribution < -0.4 is 0 Å². The summed E-state index contributed by atoms with van der Waals surface area (Å²) in [5.41, 5.74) is 1.30. The third-order valence-electron chi connectivity index (χ3n) is 6.35. The van der Waals surface area contributed by atoms with E-state index in [1.54, 1.807) is 66.7 Å². The highest BCUT2D eigenvalue weighted by Crippen LogP contribution is 2.38. The van der Waals surface area contributed by atoms with Crippen LogP contribution in [0.1, 0.15) is 50.5 Å². The van der Waals surface area contributed by atoms with E-state index >= 15 is 0 Å². The second-order valence-electron chi connectivity index (χ2n) is 8.93. The lowest BCUT2D eigenvalue weighted by Crippen LogP contribution is -2.41. The van der Waals surface area contributed by atoms with E-state index in [2.05, 4.69) is 13.2 Å². The molecule has 2 aromatic rings. The van der Waals surface area contributed by atoms with E-state index in [0.717, 1.165) is 24.8 Å². The van der Waals surface area contributed by atoms with Crippen molar-refractivity contribution in [3.8, 4) is 0 Å². The van der Waals surface area contributed by atoms with Crippen molar-refractivity contribution in [1.82, 2.24) is 4.31 Å². The largest absolute Gasteiger partial charge is 0.265 e. The van der Waals surface area contributed by atoms with Crippen LogP contribution in [0.15, 0.2) is 101 Å². The number of nitrogens with zero attached hydrogens (tertiary/aromatic N) is 1. The maximum atomic E-state index is 13.9. The Hall–Kier alpha value is -2.64. The van der Waals surface area contributed by atoms with Crippen molar-refractivity contribution in [3.63, 3.8) is 0 Å². The third-order valence-corrected chi connectivity index (χ3v) is 10.4. The minimum absolute atomic E-state index is 0.159. The zero-order chi connectivity index (χ0) is 25.5. The van der Waals surface area contributed by atoms with E-state index in [9.17, 15) is 16.8 Å². The van der Waals surface area contributed by atoms with Crippen molar-refractivity contribution in [2.24, 2.45) is 0 Å². The first kappa shape index (κ1) is 27.0. The van der Waals surface area contributed by atoms with Gasteiger partial charge in [-0.3, -0.25) is 4.31 Å². The van der Waals surface area contributed by atoms with Gasteiger partial charge in [-0.2, -0.15) is 0 Å². The first-order valence-electron chi connectivity index (χ1n) is 12.1. The zero-order valence-electron chi connectivity index (χ0n) is 20.3. The second-order valence-corrected chi connectivity index (χ2v) is 12.9. The summed E-state index contributed by atoms with van der Waals surface area (Å²) in [6.07, 6.45) is 9.89. The third kappa shape index (κ3) is 6.14. The Morgan fingerprint density at radius 2 is 1.60 bits per heavy atom. The first-order chi connectivity index (χ1) is 16.7. The van der Waals surface area contributed by atoms with E-state index in [1.807, 2.05) is 13.0 Å². The molecule has 0 radical (unpaired) electrons. The molecule has 0 bridgehead atoms. The Morgan fingerprint density at radius 1 is 0.914 bits per heavy atom. The Kier molecular flexibility index (Phi) is 9.14. The summed E-state index contributed by atoms with van der Waals surface area (Å²) >= 11 is 0. The van der Waals surface area contributed by atoms with Gasteiger partial charge in [0, 0.05) is 5.70 Å². The molecule has 1 aliphatic rings. The van der Waals surface area contributed by atoms with Gasteiger partial charge >= 0.3 is 0 Å². The van der Waals surface area contributed by atoms with Crippen LogP contribution >= 0.6 is 0 Å². The van der Waals surface area contributed by atoms with Crippen LogP contribution in [-0.4, -0.2) is 32.4 Å². The molecule has 0 fully saturated rings. The average Bonchev–Trinajstić information content (AvgIpc) is 3.26. The van der Waals surface area contributed by atoms with Gasteiger partial charge in [0.1, 0.15) is 5.25 Å². The molecule has 188 valence electrons. The molecule has 1 heterocycles. The number of hydrogen-bond acceptors (Lipinski definition) is 4. The number of sulfonamides is 1. The van der Waals surface area contributed by atoms with E-state index in [1.165, 1.54) is 4.31 Å². The van der Waals surface area contributed by atoms with Gasteiger partial charge in [0.15, 0.2) is 9.84 Å². The standard InChI is InChI=1S/C28H35NO4S2/c1-4-6-7-8-12-16-28(34(30,31)25-14-10-9-11-15-25)27-22-19-24(13-5-2)29(27)35(32,33)26-20-17-23(3)18-21-26/h4-5,9-11,14-15,17-18,20-22,24,28H,1-2,6-8,12-13,16,19H2,3H3/t24-,28-/m0/s1. The summed E-state index contributed by atoms with van der Waals surface area (Å²) in [6, 6.07) is 14.6. The lowest BCUT2D eigenvalue weighted by atomic mass is 10.1. The van der Waals surface area contributed by atoms with Gasteiger partial charge in [-0.15, -0.1) is 13.2 Å². The maximum absolute atomic E-state index is 13.9. The molecule has 0 saturated heterocycles. The molecular formula is C28H35NO4S2. The lowest BCUT2D eigenvalue weighted by molar-refractivity contribution is 0.393. The molecule has 0 aromatic heterocycles. The molecule has 0 amide bonds. The molecule has 2 atom stereocenters. The molecule has 0 spiro atoms. The van der Waals surface area contributed by atoms with Gasteiger partial charge in [0.05, 0.1) is 15.8 Å². The van der Waals surface area contributed by atoms with E-state index in [4.69, 9.17) is 0 Å². The maximum Gasteiger partial charge on any atom is 0.264 e. The highest BCUT2D eigenvalue weighted by molar-refractivity contribution is 7.92. The van der Waals surface area contributed by atoms with Gasteiger partial charge in [-0.25, -0.2) is 16.8 Å². The van der Waals surface area contributed by atoms with E-state index in [-0.39, 0.29) is 9.79 Å². The van der Waals surface area contributed by atoms with E-state index in [0.29, 0.717) is 31.4 Å². The van der Waals surface area contributed by atoms with Crippen molar-refractivity contribution < 1.29 is 16.8 Å². The van der Waals surface area contributed by atoms with E-state index < -0.39 is 31.2 Å². The lowest BCUT2D eigenvalue weighted by Gasteiger charge is -2.32. The molecule has 5 nitrogen and oxygen atoms in total. The Bertz CT molecular complexity index is 1250. The topological polar surface area (TPSA) is 71.5 Å². The van der Waals surface area contributed by atoms with Gasteiger partial charge in [-0.05, 0) is 63.3 Å². The Balaban J connectivity index is 2.05. The van der Waals surface area contributed by atoms with Gasteiger partial charge in [-0.1, -0.05) is 67.0 Å². The van der Waals surface area contributed by atoms with Crippen LogP contribution in [-0.2, 0) is 19.9 Å². The number of rotatable bonds is 13. The fourth-order valence-corrected chi connectivity index (χ4v) is 8.19. The summed E-state index contributed by atoms with van der Waals surface area (Å²) in [5, 5.41) is -0.955. The zero-order valence-corrected chi connectivity index (χ0v) is 22.0. The highest BCUT2D eigenvalue weighted by atomic mass is 32.2. The molecule has 1 aliphatic heterocycles. The van der Waals surface area contributed by atoms with Crippen LogP contribution in [0, 0.1) is 6.92 Å². The molecule has 0 N–H and O–H groups in total. The monoisotopic (exact) mass is 513 g/mol. The summed E-state index contributed by atoms with van der Waals surface area (Å²) in [5.74, 6) is 0. The predicted octanol–water partition coefficient (Wildman–Crippen LogP) is 6.20. The molecule has 2 aromatic carbocycles. The molecule has 3 rings (SSSR count). The van der Waals surface area contributed by atoms with Crippen molar-refractivity contribution in [1.29, 1.82) is 0 Å². The summed E-state index contributed by atoms with van der Waals surface area (Å²) in [4.78, 5) is 0.364. The van der Waals surface area contributed by atoms with Crippen LogP contribution in [0.5, 0.6) is 0 Å². The second kappa shape index (κ2) is 11.9. The summed E-state index contributed by atoms with van der Waals surface area (Å²) in [6.45, 7) is 9.44. The molecule has 0 saturated carbocycles. The van der Waals surface area contributed by atoms with Crippen molar-refractivity contribution in [2.45, 2.75) is 73.0 Å². The Labute approximate surface area is 210 Å². The first-order valence-corrected chi connectivity index (χ1v) is 15.0. The molecular weight excluding hydrogens is 478 g/mol. The Morgan fingerprint density at radius 3 is 2.23 bits per heavy atom. The van der Waals surface area contributed by atoms with Crippen LogP contribution in [0.25, 0.3) is 0 Å². The minimum Gasteiger partial charge on any atom is -0.265 e. The quantitative estimate of drug-likeness (QED) is 0.236. The fraction of sp³-hybridized carbons (Fsp3) is 0.357. The average molecular weight is 514 g/mol. The number of aryl methyl sites for hydroxylation is 1. The normalized spacial score (nSPS) is 17.1. The van der Waals surface area contributed by atoms with Crippen LogP contribution in [0.3, 0.4) is 0 Å². The number of allylic oxidation sites excluding steroid dienone is 1. The number of sulfone groups is 1. The summed E-state index contributed by atoms with van der Waals surface area (Å²) in [7, 11) is -7.78.